The van der Waals surface area contributed by atoms with Gasteiger partial charge in [0, 0.05) is 25.3 Å². The summed E-state index contributed by atoms with van der Waals surface area (Å²) < 4.78 is 2.62. The Balaban J connectivity index is 1.38. The molecule has 4 aliphatic rings. The van der Waals surface area contributed by atoms with Crippen molar-refractivity contribution in [2.24, 2.45) is 17.3 Å². The number of amides is 2. The lowest BCUT2D eigenvalue weighted by atomic mass is 9.46. The molecule has 158 valence electrons. The summed E-state index contributed by atoms with van der Waals surface area (Å²) >= 11 is 3.38. The van der Waals surface area contributed by atoms with Crippen molar-refractivity contribution in [2.75, 3.05) is 17.3 Å². The molecule has 0 radical (unpaired) electrons. The minimum atomic E-state index is -0.350. The summed E-state index contributed by atoms with van der Waals surface area (Å²) in [7, 11) is 1.74. The van der Waals surface area contributed by atoms with Gasteiger partial charge in [0.15, 0.2) is 0 Å². The predicted molar refractivity (Wildman–Crippen MR) is 117 cm³/mol. The predicted octanol–water partition coefficient (Wildman–Crippen LogP) is 3.96. The van der Waals surface area contributed by atoms with Crippen molar-refractivity contribution in [3.63, 3.8) is 0 Å². The van der Waals surface area contributed by atoms with Crippen LogP contribution in [-0.4, -0.2) is 33.6 Å². The zero-order chi connectivity index (χ0) is 21.1. The lowest BCUT2D eigenvalue weighted by Gasteiger charge is -2.60. The van der Waals surface area contributed by atoms with Crippen molar-refractivity contribution < 1.29 is 9.59 Å². The van der Waals surface area contributed by atoms with E-state index in [1.807, 2.05) is 35.3 Å². The van der Waals surface area contributed by atoms with Crippen molar-refractivity contribution in [3.05, 3.63) is 35.3 Å². The summed E-state index contributed by atoms with van der Waals surface area (Å²) in [6.07, 6.45) is 7.93. The maximum Gasteiger partial charge on any atom is 0.230 e. The topological polar surface area (TPSA) is 80.1 Å². The molecule has 2 aromatic rings. The fourth-order valence-corrected chi connectivity index (χ4v) is 6.70. The van der Waals surface area contributed by atoms with E-state index in [1.165, 1.54) is 13.3 Å². The Morgan fingerprint density at radius 2 is 1.83 bits per heavy atom. The first-order chi connectivity index (χ1) is 14.3. The van der Waals surface area contributed by atoms with Crippen LogP contribution in [-0.2, 0) is 15.1 Å². The van der Waals surface area contributed by atoms with Gasteiger partial charge >= 0.3 is 0 Å². The van der Waals surface area contributed by atoms with Gasteiger partial charge < -0.3 is 10.2 Å². The highest BCUT2D eigenvalue weighted by molar-refractivity contribution is 9.10. The molecule has 1 aromatic heterocycles. The molecule has 1 heterocycles. The van der Waals surface area contributed by atoms with Crippen LogP contribution in [0.3, 0.4) is 0 Å². The van der Waals surface area contributed by atoms with Crippen LogP contribution in [0, 0.1) is 17.3 Å². The van der Waals surface area contributed by atoms with E-state index in [2.05, 4.69) is 31.3 Å². The number of hydrogen-bond acceptors (Lipinski definition) is 4. The Bertz CT molecular complexity index is 987. The summed E-state index contributed by atoms with van der Waals surface area (Å²) in [5.74, 6) is 1.22. The Labute approximate surface area is 184 Å². The zero-order valence-corrected chi connectivity index (χ0v) is 18.9. The van der Waals surface area contributed by atoms with E-state index in [4.69, 9.17) is 0 Å². The first-order valence-electron chi connectivity index (χ1n) is 10.5. The van der Waals surface area contributed by atoms with Gasteiger partial charge in [-0.3, -0.25) is 9.59 Å². The minimum absolute atomic E-state index is 0.0228. The monoisotopic (exact) mass is 471 g/mol. The molecule has 8 heteroatoms. The zero-order valence-electron chi connectivity index (χ0n) is 17.3. The number of anilines is 2. The van der Waals surface area contributed by atoms with Crippen molar-refractivity contribution in [1.82, 2.24) is 14.8 Å². The third kappa shape index (κ3) is 3.16. The van der Waals surface area contributed by atoms with E-state index < -0.39 is 0 Å². The standard InChI is InChI=1S/C22H26BrN5O2/c1-14(29)27(2)18-5-3-17(4-6-18)25-19(30)21-8-15-7-16(9-21)11-22(10-15,12-21)28-13-24-20(23)26-28/h3-6,13,15-16H,7-12H2,1-2H3,(H,25,30)/t15-,16-,21?,22?/m0/s1. The number of carbonyl (C=O) groups is 2. The summed E-state index contributed by atoms with van der Waals surface area (Å²) in [6.45, 7) is 1.53. The van der Waals surface area contributed by atoms with Crippen LogP contribution in [0.1, 0.15) is 45.4 Å². The van der Waals surface area contributed by atoms with Gasteiger partial charge in [-0.05, 0) is 90.6 Å². The normalized spacial score (nSPS) is 31.6. The summed E-state index contributed by atoms with van der Waals surface area (Å²) in [5.41, 5.74) is 1.13. The van der Waals surface area contributed by atoms with Crippen LogP contribution in [0.15, 0.2) is 35.3 Å². The molecule has 4 fully saturated rings. The fraction of sp³-hybridized carbons (Fsp3) is 0.545. The summed E-state index contributed by atoms with van der Waals surface area (Å²) in [6, 6.07) is 7.48. The van der Waals surface area contributed by atoms with Crippen LogP contribution in [0.25, 0.3) is 0 Å². The van der Waals surface area contributed by atoms with Gasteiger partial charge in [-0.2, -0.15) is 0 Å². The smallest absolute Gasteiger partial charge is 0.230 e. The second-order valence-corrected chi connectivity index (χ2v) is 10.2. The average Bonchev–Trinajstić information content (AvgIpc) is 3.14. The average molecular weight is 472 g/mol. The Hall–Kier alpha value is -2.22. The Morgan fingerprint density at radius 3 is 2.40 bits per heavy atom. The second-order valence-electron chi connectivity index (χ2n) is 9.50. The molecule has 2 amide bonds. The number of nitrogens with one attached hydrogen (secondary N) is 1. The molecule has 0 spiro atoms. The molecule has 30 heavy (non-hydrogen) atoms. The van der Waals surface area contributed by atoms with Gasteiger partial charge in [-0.15, -0.1) is 5.10 Å². The first kappa shape index (κ1) is 19.7. The van der Waals surface area contributed by atoms with Crippen LogP contribution in [0.4, 0.5) is 11.4 Å². The van der Waals surface area contributed by atoms with Gasteiger partial charge in [-0.1, -0.05) is 0 Å². The first-order valence-corrected chi connectivity index (χ1v) is 11.3. The van der Waals surface area contributed by atoms with Crippen molar-refractivity contribution >= 4 is 39.1 Å². The molecule has 1 aromatic carbocycles. The SMILES string of the molecule is CC(=O)N(C)c1ccc(NC(=O)C23C[C@@H]4C[C@@H](C2)CC(n2cnc(Br)n2)(C4)C3)cc1. The summed E-state index contributed by atoms with van der Waals surface area (Å²) in [4.78, 5) is 31.0. The van der Waals surface area contributed by atoms with Crippen molar-refractivity contribution in [2.45, 2.75) is 51.0 Å². The highest BCUT2D eigenvalue weighted by Gasteiger charge is 2.61. The fourth-order valence-electron chi connectivity index (χ4n) is 6.43. The van der Waals surface area contributed by atoms with Crippen LogP contribution >= 0.6 is 15.9 Å². The second kappa shape index (κ2) is 6.90. The molecule has 0 aliphatic heterocycles. The number of halogens is 1. The van der Waals surface area contributed by atoms with Gasteiger partial charge in [0.25, 0.3) is 0 Å². The van der Waals surface area contributed by atoms with Crippen molar-refractivity contribution in [1.29, 1.82) is 0 Å². The quantitative estimate of drug-likeness (QED) is 0.731. The molecule has 0 unspecified atom stereocenters. The molecule has 4 saturated carbocycles. The van der Waals surface area contributed by atoms with Gasteiger partial charge in [0.05, 0.1) is 11.0 Å². The summed E-state index contributed by atoms with van der Waals surface area (Å²) in [5, 5.41) is 7.75. The molecule has 1 N–H and O–H groups in total. The number of benzene rings is 1. The number of hydrogen-bond donors (Lipinski definition) is 1. The van der Waals surface area contributed by atoms with E-state index >= 15 is 0 Å². The molecule has 2 atom stereocenters. The van der Waals surface area contributed by atoms with E-state index in [0.29, 0.717) is 16.6 Å². The lowest BCUT2D eigenvalue weighted by molar-refractivity contribution is -0.150. The molecular formula is C22H26BrN5O2. The van der Waals surface area contributed by atoms with E-state index in [9.17, 15) is 9.59 Å². The third-order valence-corrected chi connectivity index (χ3v) is 7.81. The molecule has 0 saturated heterocycles. The van der Waals surface area contributed by atoms with Crippen LogP contribution < -0.4 is 10.2 Å². The van der Waals surface area contributed by atoms with Crippen molar-refractivity contribution in [3.8, 4) is 0 Å². The molecule has 6 rings (SSSR count). The largest absolute Gasteiger partial charge is 0.326 e. The van der Waals surface area contributed by atoms with Gasteiger partial charge in [0.2, 0.25) is 16.5 Å². The number of nitrogens with zero attached hydrogens (tertiary/aromatic N) is 4. The van der Waals surface area contributed by atoms with E-state index in [-0.39, 0.29) is 22.8 Å². The molecule has 4 bridgehead atoms. The van der Waals surface area contributed by atoms with E-state index in [0.717, 1.165) is 43.5 Å². The number of aromatic nitrogens is 3. The molecular weight excluding hydrogens is 446 g/mol. The van der Waals surface area contributed by atoms with Gasteiger partial charge in [0.1, 0.15) is 6.33 Å². The highest BCUT2D eigenvalue weighted by Crippen LogP contribution is 2.64. The lowest BCUT2D eigenvalue weighted by Crippen LogP contribution is -2.60. The third-order valence-electron chi connectivity index (χ3n) is 7.45. The van der Waals surface area contributed by atoms with Gasteiger partial charge in [-0.25, -0.2) is 9.67 Å². The molecule has 4 aliphatic carbocycles. The van der Waals surface area contributed by atoms with E-state index in [1.54, 1.807) is 11.9 Å². The van der Waals surface area contributed by atoms with Crippen LogP contribution in [0.5, 0.6) is 0 Å². The Morgan fingerprint density at radius 1 is 1.17 bits per heavy atom. The minimum Gasteiger partial charge on any atom is -0.326 e. The Kier molecular flexibility index (Phi) is 4.54. The maximum absolute atomic E-state index is 13.5. The molecule has 7 nitrogen and oxygen atoms in total. The highest BCUT2D eigenvalue weighted by atomic mass is 79.9. The number of carbonyl (C=O) groups excluding carboxylic acids is 2. The maximum atomic E-state index is 13.5. The number of rotatable bonds is 4. The van der Waals surface area contributed by atoms with Crippen LogP contribution in [0.2, 0.25) is 0 Å².